The van der Waals surface area contributed by atoms with Gasteiger partial charge < -0.3 is 9.13 Å². The Kier molecular flexibility index (Phi) is 12.4. The second kappa shape index (κ2) is 21.3. The van der Waals surface area contributed by atoms with Crippen molar-refractivity contribution in [3.63, 3.8) is 0 Å². The molecule has 4 aromatic heterocycles. The fraction of sp³-hybridized carbons (Fsp3) is 0.0460. The van der Waals surface area contributed by atoms with Gasteiger partial charge in [0.1, 0.15) is 0 Å². The molecule has 438 valence electrons. The minimum Gasteiger partial charge on any atom is -0.309 e. The molecule has 0 atom stereocenters. The molecule has 0 unspecified atom stereocenters. The van der Waals surface area contributed by atoms with Gasteiger partial charge in [0.2, 0.25) is 5.95 Å². The minimum absolute atomic E-state index is 0.532. The first-order valence-electron chi connectivity index (χ1n) is 32.0. The summed E-state index contributed by atoms with van der Waals surface area (Å²) in [6.07, 6.45) is 0. The Hall–Kier alpha value is -12.0. The maximum absolute atomic E-state index is 5.59. The van der Waals surface area contributed by atoms with Crippen molar-refractivity contribution < 1.29 is 0 Å². The third-order valence-corrected chi connectivity index (χ3v) is 19.2. The predicted octanol–water partition coefficient (Wildman–Crippen LogP) is 22.7. The Morgan fingerprint density at radius 3 is 0.839 bits per heavy atom. The van der Waals surface area contributed by atoms with Crippen molar-refractivity contribution in [2.75, 3.05) is 0 Å². The highest BCUT2D eigenvalue weighted by Gasteiger charge is 2.24. The van der Waals surface area contributed by atoms with E-state index in [0.717, 1.165) is 87.9 Å². The van der Waals surface area contributed by atoms with Crippen molar-refractivity contribution in [3.05, 3.63) is 313 Å². The fourth-order valence-electron chi connectivity index (χ4n) is 14.3. The van der Waals surface area contributed by atoms with E-state index < -0.39 is 0 Å². The average Bonchev–Trinajstić information content (AvgIpc) is 1.58. The molecule has 6 nitrogen and oxygen atoms in total. The molecule has 6 heteroatoms. The summed E-state index contributed by atoms with van der Waals surface area (Å²) in [6.45, 7) is 8.59. The lowest BCUT2D eigenvalue weighted by Gasteiger charge is -2.14. The van der Waals surface area contributed by atoms with Crippen LogP contribution in [-0.2, 0) is 0 Å². The first kappa shape index (κ1) is 54.0. The van der Waals surface area contributed by atoms with E-state index in [2.05, 4.69) is 333 Å². The quantitative estimate of drug-likeness (QED) is 0.145. The van der Waals surface area contributed by atoms with Crippen molar-refractivity contribution in [1.82, 2.24) is 28.7 Å². The van der Waals surface area contributed by atoms with Gasteiger partial charge in [-0.3, -0.25) is 4.57 Å². The van der Waals surface area contributed by atoms with Crippen molar-refractivity contribution in [2.45, 2.75) is 27.7 Å². The van der Waals surface area contributed by atoms with Gasteiger partial charge in [0.25, 0.3) is 0 Å². The van der Waals surface area contributed by atoms with Gasteiger partial charge in [-0.15, -0.1) is 0 Å². The Bertz CT molecular complexity index is 5480. The lowest BCUT2D eigenvalue weighted by atomic mass is 9.99. The fourth-order valence-corrected chi connectivity index (χ4v) is 14.3. The van der Waals surface area contributed by atoms with Crippen molar-refractivity contribution in [2.24, 2.45) is 0 Å². The Labute approximate surface area is 538 Å². The van der Waals surface area contributed by atoms with E-state index in [0.29, 0.717) is 17.6 Å². The molecule has 0 saturated carbocycles. The molecular formula is C87H60N6. The number of nitrogens with zero attached hydrogens (tertiary/aromatic N) is 6. The second-order valence-corrected chi connectivity index (χ2v) is 25.1. The zero-order valence-electron chi connectivity index (χ0n) is 51.9. The van der Waals surface area contributed by atoms with Gasteiger partial charge >= 0.3 is 0 Å². The molecule has 0 aliphatic carbocycles. The van der Waals surface area contributed by atoms with E-state index in [1.54, 1.807) is 0 Å². The standard InChI is InChI=1S/C87H60N6/c1-53-19-27-57(28-20-53)63-35-41-79-73(47-63)74-48-64(58-29-21-54(2)22-30-58)36-42-80(74)91(79)67-39-45-83-77(51-67)78-52-68(92-81-43-37-65(59-31-23-55(3)24-32-59)49-75(81)76-50-66(38-44-82(76)92)60-33-25-56(4)26-34-60)40-46-84(78)93(83)87-89-85(71-17-9-13-61-11-5-7-15-69(61)71)88-86(90-87)72-18-10-14-62-12-6-8-16-70(62)72/h5-52H,1-4H3. The number of aryl methyl sites for hydroxylation is 4. The highest BCUT2D eigenvalue weighted by atomic mass is 15.2. The normalized spacial score (nSPS) is 11.9. The summed E-state index contributed by atoms with van der Waals surface area (Å²) in [6, 6.07) is 107. The maximum atomic E-state index is 5.59. The number of hydrogen-bond acceptors (Lipinski definition) is 3. The third kappa shape index (κ3) is 9.05. The highest BCUT2D eigenvalue weighted by molar-refractivity contribution is 6.16. The molecule has 0 spiro atoms. The van der Waals surface area contributed by atoms with Gasteiger partial charge in [0, 0.05) is 54.8 Å². The van der Waals surface area contributed by atoms with E-state index in [4.69, 9.17) is 15.0 Å². The number of rotatable bonds is 9. The molecule has 0 amide bonds. The highest BCUT2D eigenvalue weighted by Crippen LogP contribution is 2.44. The monoisotopic (exact) mass is 1190 g/mol. The van der Waals surface area contributed by atoms with Crippen LogP contribution in [0.1, 0.15) is 22.3 Å². The summed E-state index contributed by atoms with van der Waals surface area (Å²) in [5.74, 6) is 1.73. The van der Waals surface area contributed by atoms with Gasteiger partial charge in [-0.2, -0.15) is 9.97 Å². The van der Waals surface area contributed by atoms with E-state index in [9.17, 15) is 0 Å². The molecule has 4 heterocycles. The van der Waals surface area contributed by atoms with E-state index in [1.165, 1.54) is 88.3 Å². The number of fused-ring (bicyclic) bond motifs is 11. The van der Waals surface area contributed by atoms with Crippen LogP contribution >= 0.6 is 0 Å². The molecule has 0 N–H and O–H groups in total. The lowest BCUT2D eigenvalue weighted by Crippen LogP contribution is -2.07. The molecule has 0 bridgehead atoms. The van der Waals surface area contributed by atoms with Gasteiger partial charge in [-0.05, 0) is 179 Å². The SMILES string of the molecule is Cc1ccc(-c2ccc3c(c2)c2cc(-c4ccc(C)cc4)ccc2n3-c2ccc3c(c2)c2cc(-n4c5ccc(-c6ccc(C)cc6)cc5c5cc(-c6ccc(C)cc6)ccc54)ccc2n3-c2nc(-c3cccc4ccccc34)nc(-c3cccc4ccccc34)n2)cc1. The van der Waals surface area contributed by atoms with Crippen LogP contribution in [0.3, 0.4) is 0 Å². The molecule has 18 rings (SSSR count). The van der Waals surface area contributed by atoms with Crippen molar-refractivity contribution >= 4 is 87.0 Å². The predicted molar refractivity (Wildman–Crippen MR) is 389 cm³/mol. The maximum Gasteiger partial charge on any atom is 0.238 e. The molecule has 0 fully saturated rings. The largest absolute Gasteiger partial charge is 0.309 e. The van der Waals surface area contributed by atoms with Crippen LogP contribution in [0.5, 0.6) is 0 Å². The van der Waals surface area contributed by atoms with Crippen LogP contribution in [-0.4, -0.2) is 28.7 Å². The summed E-state index contributed by atoms with van der Waals surface area (Å²) < 4.78 is 7.18. The summed E-state index contributed by atoms with van der Waals surface area (Å²) in [7, 11) is 0. The molecule has 0 aliphatic rings. The number of benzene rings is 14. The molecule has 14 aromatic carbocycles. The van der Waals surface area contributed by atoms with Crippen LogP contribution in [0, 0.1) is 27.7 Å². The summed E-state index contributed by atoms with van der Waals surface area (Å²) >= 11 is 0. The zero-order chi connectivity index (χ0) is 62.0. The Morgan fingerprint density at radius 2 is 0.495 bits per heavy atom. The number of hydrogen-bond donors (Lipinski definition) is 0. The topological polar surface area (TPSA) is 53.5 Å². The van der Waals surface area contributed by atoms with E-state index >= 15 is 0 Å². The first-order chi connectivity index (χ1) is 45.7. The van der Waals surface area contributed by atoms with Crippen LogP contribution < -0.4 is 0 Å². The number of aromatic nitrogens is 6. The average molecular weight is 1190 g/mol. The van der Waals surface area contributed by atoms with Gasteiger partial charge in [-0.25, -0.2) is 4.98 Å². The second-order valence-electron chi connectivity index (χ2n) is 25.1. The smallest absolute Gasteiger partial charge is 0.238 e. The summed E-state index contributed by atoms with van der Waals surface area (Å²) in [4.78, 5) is 16.6. The Balaban J connectivity index is 0.912. The van der Waals surface area contributed by atoms with Crippen LogP contribution in [0.2, 0.25) is 0 Å². The third-order valence-electron chi connectivity index (χ3n) is 19.2. The molecule has 18 aromatic rings. The van der Waals surface area contributed by atoms with Crippen molar-refractivity contribution in [3.8, 4) is 84.6 Å². The van der Waals surface area contributed by atoms with Gasteiger partial charge in [-0.1, -0.05) is 229 Å². The van der Waals surface area contributed by atoms with Crippen LogP contribution in [0.15, 0.2) is 291 Å². The zero-order valence-corrected chi connectivity index (χ0v) is 51.9. The lowest BCUT2D eigenvalue weighted by molar-refractivity contribution is 0.955. The van der Waals surface area contributed by atoms with Crippen LogP contribution in [0.25, 0.3) is 172 Å². The van der Waals surface area contributed by atoms with E-state index in [-0.39, 0.29) is 0 Å². The molecule has 93 heavy (non-hydrogen) atoms. The molecule has 0 radical (unpaired) electrons. The molecular weight excluding hydrogens is 1130 g/mol. The van der Waals surface area contributed by atoms with Crippen molar-refractivity contribution in [1.29, 1.82) is 0 Å². The minimum atomic E-state index is 0.532. The van der Waals surface area contributed by atoms with Gasteiger partial charge in [0.05, 0.1) is 33.1 Å². The van der Waals surface area contributed by atoms with E-state index in [1.807, 2.05) is 0 Å². The first-order valence-corrected chi connectivity index (χ1v) is 32.0. The molecule has 0 aliphatic heterocycles. The molecule has 0 saturated heterocycles. The van der Waals surface area contributed by atoms with Crippen LogP contribution in [0.4, 0.5) is 0 Å². The Morgan fingerprint density at radius 1 is 0.215 bits per heavy atom. The summed E-state index contributed by atoms with van der Waals surface area (Å²) in [5.41, 5.74) is 24.9. The summed E-state index contributed by atoms with van der Waals surface area (Å²) in [5, 5.41) is 11.3. The van der Waals surface area contributed by atoms with Gasteiger partial charge in [0.15, 0.2) is 11.6 Å².